The average molecular weight is 159 g/mol. The molecule has 1 N–H and O–H groups in total. The summed E-state index contributed by atoms with van der Waals surface area (Å²) in [6.07, 6.45) is 2.09. The second-order valence-electron chi connectivity index (χ2n) is 4.20. The molecule has 0 bridgehead atoms. The quantitative estimate of drug-likeness (QED) is 0.607. The maximum absolute atomic E-state index is 13.1. The molecule has 1 atom stereocenters. The molecule has 2 saturated carbocycles. The summed E-state index contributed by atoms with van der Waals surface area (Å²) in [5, 5.41) is 2.95. The molecule has 1 aliphatic heterocycles. The van der Waals surface area contributed by atoms with Crippen LogP contribution in [0.5, 0.6) is 0 Å². The molecule has 0 aromatic heterocycles. The Kier molecular flexibility index (Phi) is 0.847. The Balaban J connectivity index is 1.86. The van der Waals surface area contributed by atoms with Crippen LogP contribution in [-0.2, 0) is 0 Å². The molecule has 1 unspecified atom stereocenters. The van der Waals surface area contributed by atoms with Crippen LogP contribution in [0.1, 0.15) is 12.8 Å². The largest absolute Gasteiger partial charge is 0.315 e. The van der Waals surface area contributed by atoms with Gasteiger partial charge < -0.3 is 5.32 Å². The fraction of sp³-hybridized carbons (Fsp3) is 1.00. The average Bonchev–Trinajstić information content (AvgIpc) is 2.59. The smallest absolute Gasteiger partial charge is 0.260 e. The maximum Gasteiger partial charge on any atom is 0.260 e. The number of halogens is 2. The van der Waals surface area contributed by atoms with Crippen molar-refractivity contribution >= 4 is 0 Å². The van der Waals surface area contributed by atoms with Crippen LogP contribution < -0.4 is 5.32 Å². The van der Waals surface area contributed by atoms with Gasteiger partial charge in [-0.15, -0.1) is 0 Å². The normalized spacial score (nSPS) is 43.6. The predicted molar refractivity (Wildman–Crippen MR) is 36.5 cm³/mol. The van der Waals surface area contributed by atoms with Gasteiger partial charge in [-0.2, -0.15) is 0 Å². The van der Waals surface area contributed by atoms with Crippen molar-refractivity contribution in [2.24, 2.45) is 17.3 Å². The van der Waals surface area contributed by atoms with Gasteiger partial charge in [0, 0.05) is 19.0 Å². The van der Waals surface area contributed by atoms with Gasteiger partial charge >= 0.3 is 0 Å². The van der Waals surface area contributed by atoms with E-state index in [2.05, 4.69) is 5.32 Å². The molecule has 62 valence electrons. The molecule has 3 heteroatoms. The van der Waals surface area contributed by atoms with Crippen molar-refractivity contribution in [3.63, 3.8) is 0 Å². The van der Waals surface area contributed by atoms with Crippen molar-refractivity contribution in [1.82, 2.24) is 5.32 Å². The number of hydrogen-bond acceptors (Lipinski definition) is 1. The highest BCUT2D eigenvalue weighted by Crippen LogP contribution is 2.74. The molecule has 0 aromatic rings. The summed E-state index contributed by atoms with van der Waals surface area (Å²) in [6.45, 7) is 1.11. The molecular weight excluding hydrogens is 148 g/mol. The molecule has 1 saturated heterocycles. The second kappa shape index (κ2) is 1.47. The molecule has 2 aliphatic carbocycles. The zero-order valence-corrected chi connectivity index (χ0v) is 6.24. The standard InChI is InChI=1S/C8H11F2N/c9-8(10)6(5-1-2-5)7(8)3-11-4-7/h5-6,11H,1-4H2. The zero-order chi connectivity index (χ0) is 7.69. The van der Waals surface area contributed by atoms with Crippen LogP contribution in [0.15, 0.2) is 0 Å². The summed E-state index contributed by atoms with van der Waals surface area (Å²) in [6, 6.07) is 0. The summed E-state index contributed by atoms with van der Waals surface area (Å²) in [7, 11) is 0. The maximum atomic E-state index is 13.1. The van der Waals surface area contributed by atoms with E-state index in [1.54, 1.807) is 0 Å². The lowest BCUT2D eigenvalue weighted by molar-refractivity contribution is 0.0376. The highest BCUT2D eigenvalue weighted by Gasteiger charge is 2.84. The van der Waals surface area contributed by atoms with Crippen LogP contribution in [0.4, 0.5) is 8.78 Å². The van der Waals surface area contributed by atoms with Crippen molar-refractivity contribution in [2.45, 2.75) is 18.8 Å². The van der Waals surface area contributed by atoms with E-state index in [-0.39, 0.29) is 5.92 Å². The Bertz CT molecular complexity index is 206. The Morgan fingerprint density at radius 2 is 1.82 bits per heavy atom. The topological polar surface area (TPSA) is 12.0 Å². The first-order chi connectivity index (χ1) is 5.18. The molecule has 1 spiro atoms. The summed E-state index contributed by atoms with van der Waals surface area (Å²) in [4.78, 5) is 0. The SMILES string of the molecule is FC1(F)C(C2CC2)C12CNC2. The van der Waals surface area contributed by atoms with Crippen LogP contribution in [0, 0.1) is 17.3 Å². The number of nitrogens with one attached hydrogen (secondary N) is 1. The van der Waals surface area contributed by atoms with Crippen LogP contribution in [0.3, 0.4) is 0 Å². The lowest BCUT2D eigenvalue weighted by Crippen LogP contribution is -2.48. The Labute approximate surface area is 64.2 Å². The minimum absolute atomic E-state index is 0.253. The predicted octanol–water partition coefficient (Wildman–Crippen LogP) is 1.25. The van der Waals surface area contributed by atoms with Crippen molar-refractivity contribution in [2.75, 3.05) is 13.1 Å². The number of alkyl halides is 2. The van der Waals surface area contributed by atoms with Crippen LogP contribution in [-0.4, -0.2) is 19.0 Å². The molecule has 0 amide bonds. The zero-order valence-electron chi connectivity index (χ0n) is 6.24. The van der Waals surface area contributed by atoms with E-state index in [0.29, 0.717) is 19.0 Å². The van der Waals surface area contributed by atoms with E-state index < -0.39 is 11.3 Å². The third kappa shape index (κ3) is 0.525. The van der Waals surface area contributed by atoms with Crippen LogP contribution in [0.25, 0.3) is 0 Å². The van der Waals surface area contributed by atoms with Crippen LogP contribution in [0.2, 0.25) is 0 Å². The monoisotopic (exact) mass is 159 g/mol. The van der Waals surface area contributed by atoms with Crippen molar-refractivity contribution < 1.29 is 8.78 Å². The van der Waals surface area contributed by atoms with E-state index in [9.17, 15) is 8.78 Å². The number of rotatable bonds is 1. The van der Waals surface area contributed by atoms with E-state index in [4.69, 9.17) is 0 Å². The summed E-state index contributed by atoms with van der Waals surface area (Å²) in [5.41, 5.74) is -0.575. The van der Waals surface area contributed by atoms with Gasteiger partial charge in [-0.1, -0.05) is 0 Å². The van der Waals surface area contributed by atoms with Crippen molar-refractivity contribution in [1.29, 1.82) is 0 Å². The molecule has 3 rings (SSSR count). The van der Waals surface area contributed by atoms with Gasteiger partial charge in [-0.25, -0.2) is 8.78 Å². The van der Waals surface area contributed by atoms with Gasteiger partial charge in [0.2, 0.25) is 0 Å². The lowest BCUT2D eigenvalue weighted by atomic mass is 9.94. The van der Waals surface area contributed by atoms with Gasteiger partial charge in [-0.3, -0.25) is 0 Å². The van der Waals surface area contributed by atoms with Crippen molar-refractivity contribution in [3.05, 3.63) is 0 Å². The van der Waals surface area contributed by atoms with E-state index >= 15 is 0 Å². The second-order valence-corrected chi connectivity index (χ2v) is 4.20. The lowest BCUT2D eigenvalue weighted by Gasteiger charge is -2.27. The van der Waals surface area contributed by atoms with Crippen molar-refractivity contribution in [3.8, 4) is 0 Å². The molecule has 1 nitrogen and oxygen atoms in total. The first-order valence-corrected chi connectivity index (χ1v) is 4.27. The summed E-state index contributed by atoms with van der Waals surface area (Å²) < 4.78 is 26.3. The third-order valence-electron chi connectivity index (χ3n) is 3.54. The fourth-order valence-electron chi connectivity index (χ4n) is 2.57. The molecule has 11 heavy (non-hydrogen) atoms. The number of hydrogen-bond donors (Lipinski definition) is 1. The molecule has 3 fully saturated rings. The summed E-state index contributed by atoms with van der Waals surface area (Å²) >= 11 is 0. The molecule has 0 radical (unpaired) electrons. The molecule has 1 heterocycles. The molecule has 3 aliphatic rings. The van der Waals surface area contributed by atoms with E-state index in [0.717, 1.165) is 12.8 Å². The van der Waals surface area contributed by atoms with Gasteiger partial charge in [0.05, 0.1) is 5.41 Å². The van der Waals surface area contributed by atoms with Gasteiger partial charge in [0.15, 0.2) is 0 Å². The van der Waals surface area contributed by atoms with Crippen LogP contribution >= 0.6 is 0 Å². The first kappa shape index (κ1) is 6.35. The summed E-state index contributed by atoms with van der Waals surface area (Å²) in [5.74, 6) is -2.21. The molecule has 0 aromatic carbocycles. The minimum atomic E-state index is -2.32. The first-order valence-electron chi connectivity index (χ1n) is 4.27. The van der Waals surface area contributed by atoms with E-state index in [1.807, 2.05) is 0 Å². The third-order valence-corrected chi connectivity index (χ3v) is 3.54. The van der Waals surface area contributed by atoms with Gasteiger partial charge in [0.25, 0.3) is 5.92 Å². The van der Waals surface area contributed by atoms with Gasteiger partial charge in [0.1, 0.15) is 0 Å². The Hall–Kier alpha value is -0.180. The minimum Gasteiger partial charge on any atom is -0.315 e. The Morgan fingerprint density at radius 1 is 1.18 bits per heavy atom. The van der Waals surface area contributed by atoms with E-state index in [1.165, 1.54) is 0 Å². The Morgan fingerprint density at radius 3 is 2.09 bits per heavy atom. The fourth-order valence-corrected chi connectivity index (χ4v) is 2.57. The molecular formula is C8H11F2N. The van der Waals surface area contributed by atoms with Gasteiger partial charge in [-0.05, 0) is 18.8 Å². The highest BCUT2D eigenvalue weighted by molar-refractivity contribution is 5.27. The highest BCUT2D eigenvalue weighted by atomic mass is 19.3.